The summed E-state index contributed by atoms with van der Waals surface area (Å²) >= 11 is 4.94. The number of benzene rings is 1. The van der Waals surface area contributed by atoms with Crippen molar-refractivity contribution in [1.82, 2.24) is 4.90 Å². The van der Waals surface area contributed by atoms with E-state index in [-0.39, 0.29) is 4.99 Å². The highest BCUT2D eigenvalue weighted by Crippen LogP contribution is 2.24. The smallest absolute Gasteiger partial charge is 0.116 e. The molecule has 0 aromatic heterocycles. The van der Waals surface area contributed by atoms with E-state index in [0.717, 1.165) is 38.0 Å². The minimum atomic E-state index is 0.196. The molecule has 3 nitrogen and oxygen atoms in total. The first-order valence-electron chi connectivity index (χ1n) is 7.31. The number of rotatable bonds is 4. The van der Waals surface area contributed by atoms with E-state index in [9.17, 15) is 0 Å². The molecule has 0 amide bonds. The summed E-state index contributed by atoms with van der Waals surface area (Å²) in [4.78, 5) is 2.43. The molecule has 1 heterocycles. The maximum absolute atomic E-state index is 9.14. The molecule has 110 valence electrons. The summed E-state index contributed by atoms with van der Waals surface area (Å²) in [5.41, 5.74) is 8.39. The van der Waals surface area contributed by atoms with Crippen LogP contribution in [-0.4, -0.2) is 23.0 Å². The first kappa shape index (κ1) is 15.5. The molecule has 0 radical (unpaired) electrons. The van der Waals surface area contributed by atoms with Crippen molar-refractivity contribution in [3.8, 4) is 6.07 Å². The van der Waals surface area contributed by atoms with Gasteiger partial charge in [-0.2, -0.15) is 5.26 Å². The fraction of sp³-hybridized carbons (Fsp3) is 0.412. The van der Waals surface area contributed by atoms with Crippen LogP contribution in [0.15, 0.2) is 41.6 Å². The molecule has 1 aromatic rings. The van der Waals surface area contributed by atoms with Crippen LogP contribution >= 0.6 is 12.2 Å². The van der Waals surface area contributed by atoms with E-state index in [0.29, 0.717) is 11.5 Å². The van der Waals surface area contributed by atoms with Crippen molar-refractivity contribution < 1.29 is 0 Å². The van der Waals surface area contributed by atoms with Gasteiger partial charge in [0.1, 0.15) is 16.6 Å². The number of hydrogen-bond donors (Lipinski definition) is 1. The monoisotopic (exact) mass is 299 g/mol. The predicted octanol–water partition coefficient (Wildman–Crippen LogP) is 3.02. The third-order valence-corrected chi connectivity index (χ3v) is 4.38. The summed E-state index contributed by atoms with van der Waals surface area (Å²) in [7, 11) is 0. The molecular weight excluding hydrogens is 278 g/mol. The zero-order valence-electron chi connectivity index (χ0n) is 12.4. The molecule has 1 aliphatic heterocycles. The van der Waals surface area contributed by atoms with E-state index in [2.05, 4.69) is 41.3 Å². The first-order chi connectivity index (χ1) is 10.1. The van der Waals surface area contributed by atoms with E-state index in [1.165, 1.54) is 5.56 Å². The second kappa shape index (κ2) is 7.24. The van der Waals surface area contributed by atoms with Crippen LogP contribution in [0.4, 0.5) is 0 Å². The molecule has 21 heavy (non-hydrogen) atoms. The summed E-state index contributed by atoms with van der Waals surface area (Å²) in [6, 6.07) is 12.8. The average Bonchev–Trinajstić information content (AvgIpc) is 2.49. The highest BCUT2D eigenvalue weighted by molar-refractivity contribution is 7.80. The average molecular weight is 299 g/mol. The Balaban J connectivity index is 1.95. The Hall–Kier alpha value is -1.86. The molecule has 4 heteroatoms. The molecule has 1 saturated heterocycles. The number of nitrogens with two attached hydrogens (primary N) is 1. The minimum absolute atomic E-state index is 0.196. The second-order valence-corrected chi connectivity index (χ2v) is 6.00. The molecule has 0 aliphatic carbocycles. The molecule has 0 atom stereocenters. The molecule has 0 spiro atoms. The summed E-state index contributed by atoms with van der Waals surface area (Å²) in [5, 5.41) is 9.14. The van der Waals surface area contributed by atoms with Crippen molar-refractivity contribution in [3.63, 3.8) is 0 Å². The quantitative estimate of drug-likeness (QED) is 0.527. The van der Waals surface area contributed by atoms with Gasteiger partial charge in [-0.05, 0) is 37.7 Å². The lowest BCUT2D eigenvalue weighted by atomic mass is 9.90. The van der Waals surface area contributed by atoms with Crippen molar-refractivity contribution in [1.29, 1.82) is 5.26 Å². The van der Waals surface area contributed by atoms with Crippen molar-refractivity contribution in [3.05, 3.63) is 47.2 Å². The van der Waals surface area contributed by atoms with Gasteiger partial charge in [0.05, 0.1) is 0 Å². The zero-order chi connectivity index (χ0) is 15.2. The van der Waals surface area contributed by atoms with Gasteiger partial charge in [-0.1, -0.05) is 42.5 Å². The Morgan fingerprint density at radius 3 is 2.48 bits per heavy atom. The van der Waals surface area contributed by atoms with Crippen LogP contribution in [0.5, 0.6) is 0 Å². The van der Waals surface area contributed by atoms with Gasteiger partial charge in [-0.25, -0.2) is 0 Å². The fourth-order valence-electron chi connectivity index (χ4n) is 2.89. The Morgan fingerprint density at radius 1 is 1.33 bits per heavy atom. The summed E-state index contributed by atoms with van der Waals surface area (Å²) in [5.74, 6) is 0.715. The van der Waals surface area contributed by atoms with Crippen LogP contribution in [0, 0.1) is 17.2 Å². The lowest BCUT2D eigenvalue weighted by Crippen LogP contribution is -2.34. The number of nitriles is 1. The highest BCUT2D eigenvalue weighted by Gasteiger charge is 2.21. The Kier molecular flexibility index (Phi) is 5.35. The van der Waals surface area contributed by atoms with Crippen LogP contribution in [0.3, 0.4) is 0 Å². The number of thiocarbonyl (C=S) groups is 1. The predicted molar refractivity (Wildman–Crippen MR) is 89.5 cm³/mol. The largest absolute Gasteiger partial charge is 0.389 e. The molecule has 0 unspecified atom stereocenters. The van der Waals surface area contributed by atoms with Gasteiger partial charge < -0.3 is 10.6 Å². The summed E-state index contributed by atoms with van der Waals surface area (Å²) < 4.78 is 0. The number of likely N-dealkylation sites (tertiary alicyclic amines) is 1. The van der Waals surface area contributed by atoms with Crippen LogP contribution in [0.1, 0.15) is 25.3 Å². The summed E-state index contributed by atoms with van der Waals surface area (Å²) in [6.45, 7) is 3.88. The first-order valence-corrected chi connectivity index (χ1v) is 7.72. The molecule has 1 aromatic carbocycles. The highest BCUT2D eigenvalue weighted by atomic mass is 32.1. The maximum Gasteiger partial charge on any atom is 0.116 e. The van der Waals surface area contributed by atoms with Crippen LogP contribution in [0.25, 0.3) is 0 Å². The molecule has 0 saturated carbocycles. The van der Waals surface area contributed by atoms with Crippen LogP contribution in [0.2, 0.25) is 0 Å². The minimum Gasteiger partial charge on any atom is -0.389 e. The topological polar surface area (TPSA) is 53.1 Å². The van der Waals surface area contributed by atoms with Gasteiger partial charge >= 0.3 is 0 Å². The molecule has 0 bridgehead atoms. The van der Waals surface area contributed by atoms with Gasteiger partial charge in [0.15, 0.2) is 0 Å². The van der Waals surface area contributed by atoms with Crippen LogP contribution in [-0.2, 0) is 6.42 Å². The van der Waals surface area contributed by atoms with E-state index >= 15 is 0 Å². The van der Waals surface area contributed by atoms with Crippen molar-refractivity contribution >= 4 is 17.2 Å². The zero-order valence-corrected chi connectivity index (χ0v) is 13.2. The maximum atomic E-state index is 9.14. The van der Waals surface area contributed by atoms with Crippen LogP contribution < -0.4 is 5.73 Å². The van der Waals surface area contributed by atoms with Gasteiger partial charge in [-0.3, -0.25) is 0 Å². The molecule has 2 rings (SSSR count). The lowest BCUT2D eigenvalue weighted by molar-refractivity contribution is 0.225. The number of hydrogen-bond acceptors (Lipinski definition) is 3. The van der Waals surface area contributed by atoms with E-state index < -0.39 is 0 Å². The van der Waals surface area contributed by atoms with Gasteiger partial charge in [0.2, 0.25) is 0 Å². The summed E-state index contributed by atoms with van der Waals surface area (Å²) in [6.07, 6.45) is 3.42. The van der Waals surface area contributed by atoms with Crippen molar-refractivity contribution in [2.24, 2.45) is 11.7 Å². The van der Waals surface area contributed by atoms with Crippen molar-refractivity contribution in [2.75, 3.05) is 13.1 Å². The molecule has 1 aliphatic rings. The van der Waals surface area contributed by atoms with Gasteiger partial charge in [0, 0.05) is 18.8 Å². The third-order valence-electron chi connectivity index (χ3n) is 4.18. The number of piperidine rings is 1. The molecular formula is C17H21N3S. The lowest BCUT2D eigenvalue weighted by Gasteiger charge is -2.34. The van der Waals surface area contributed by atoms with Crippen molar-refractivity contribution in [2.45, 2.75) is 26.2 Å². The standard InChI is InChI=1S/C17H21N3S/c1-13(16(12-18)17(19)21)20-9-7-15(8-10-20)11-14-5-3-2-4-6-14/h2-6,15H,7-11H2,1H3,(H2,19,21)/b16-13-. The second-order valence-electron chi connectivity index (χ2n) is 5.56. The molecule has 1 fully saturated rings. The normalized spacial score (nSPS) is 17.0. The van der Waals surface area contributed by atoms with Gasteiger partial charge in [0.25, 0.3) is 0 Å². The Bertz CT molecular complexity index is 563. The number of allylic oxidation sites excluding steroid dienone is 1. The Labute approximate surface area is 132 Å². The SMILES string of the molecule is C/C(=C(\C#N)C(N)=S)N1CCC(Cc2ccccc2)CC1. The third kappa shape index (κ3) is 4.05. The number of nitrogens with zero attached hydrogens (tertiary/aromatic N) is 2. The fourth-order valence-corrected chi connectivity index (χ4v) is 3.09. The Morgan fingerprint density at radius 2 is 1.95 bits per heavy atom. The van der Waals surface area contributed by atoms with E-state index in [1.807, 2.05) is 6.92 Å². The van der Waals surface area contributed by atoms with E-state index in [1.54, 1.807) is 0 Å². The van der Waals surface area contributed by atoms with E-state index in [4.69, 9.17) is 23.2 Å². The molecule has 2 N–H and O–H groups in total. The van der Waals surface area contributed by atoms with Gasteiger partial charge in [-0.15, -0.1) is 0 Å².